The largest absolute Gasteiger partial charge is 0.489 e. The van der Waals surface area contributed by atoms with Gasteiger partial charge in [0.25, 0.3) is 0 Å². The molecule has 4 fully saturated rings. The van der Waals surface area contributed by atoms with E-state index in [2.05, 4.69) is 42.5 Å². The van der Waals surface area contributed by atoms with Crippen LogP contribution >= 0.6 is 0 Å². The van der Waals surface area contributed by atoms with Crippen molar-refractivity contribution >= 4 is 16.7 Å². The molecule has 0 radical (unpaired) electrons. The van der Waals surface area contributed by atoms with E-state index in [0.717, 1.165) is 45.4 Å². The summed E-state index contributed by atoms with van der Waals surface area (Å²) in [6, 6.07) is 28.9. The van der Waals surface area contributed by atoms with E-state index in [4.69, 9.17) is 4.74 Å². The van der Waals surface area contributed by atoms with Crippen molar-refractivity contribution in [2.24, 2.45) is 17.8 Å². The molecule has 37 heavy (non-hydrogen) atoms. The molecule has 4 aromatic rings. The molecule has 3 heteroatoms. The fraction of sp³-hybridized carbons (Fsp3) is 0.324. The number of aromatic carboxylic acids is 1. The first-order valence-corrected chi connectivity index (χ1v) is 13.6. The first-order chi connectivity index (χ1) is 18.0. The van der Waals surface area contributed by atoms with Gasteiger partial charge in [-0.25, -0.2) is 4.79 Å². The lowest BCUT2D eigenvalue weighted by molar-refractivity contribution is -0.00524. The number of fused-ring (bicyclic) bond motifs is 1. The summed E-state index contributed by atoms with van der Waals surface area (Å²) in [7, 11) is 0. The van der Waals surface area contributed by atoms with E-state index >= 15 is 0 Å². The zero-order valence-corrected chi connectivity index (χ0v) is 21.0. The molecule has 0 aliphatic heterocycles. The molecule has 4 saturated carbocycles. The quantitative estimate of drug-likeness (QED) is 0.297. The van der Waals surface area contributed by atoms with E-state index in [1.54, 1.807) is 17.7 Å². The molecule has 0 saturated heterocycles. The van der Waals surface area contributed by atoms with Crippen LogP contribution in [0.25, 0.3) is 21.9 Å². The summed E-state index contributed by atoms with van der Waals surface area (Å²) in [6.07, 6.45) is 8.59. The first-order valence-electron chi connectivity index (χ1n) is 13.6. The van der Waals surface area contributed by atoms with Crippen LogP contribution in [0.4, 0.5) is 0 Å². The fourth-order valence-electron chi connectivity index (χ4n) is 7.92. The van der Waals surface area contributed by atoms with Crippen molar-refractivity contribution < 1.29 is 14.6 Å². The van der Waals surface area contributed by atoms with Crippen molar-refractivity contribution in [2.75, 3.05) is 0 Å². The van der Waals surface area contributed by atoms with E-state index < -0.39 is 5.97 Å². The maximum Gasteiger partial charge on any atom is 0.335 e. The van der Waals surface area contributed by atoms with Crippen LogP contribution in [0.2, 0.25) is 0 Å². The number of hydrogen-bond acceptors (Lipinski definition) is 2. The number of hydrogen-bond donors (Lipinski definition) is 1. The van der Waals surface area contributed by atoms with Crippen molar-refractivity contribution in [3.8, 4) is 16.9 Å². The Hall–Kier alpha value is -3.59. The molecule has 0 atom stereocenters. The van der Waals surface area contributed by atoms with Crippen LogP contribution < -0.4 is 4.74 Å². The molecular formula is C34H32O3. The lowest BCUT2D eigenvalue weighted by Gasteiger charge is -2.57. The van der Waals surface area contributed by atoms with Gasteiger partial charge in [0.05, 0.1) is 5.56 Å². The average molecular weight is 489 g/mol. The molecule has 0 amide bonds. The lowest BCUT2D eigenvalue weighted by Crippen LogP contribution is -2.48. The third-order valence-electron chi connectivity index (χ3n) is 9.26. The topological polar surface area (TPSA) is 46.5 Å². The Bertz CT molecular complexity index is 1450. The zero-order chi connectivity index (χ0) is 25.0. The molecule has 8 rings (SSSR count). The highest BCUT2D eigenvalue weighted by atomic mass is 16.5. The number of carbonyl (C=O) groups is 1. The summed E-state index contributed by atoms with van der Waals surface area (Å²) >= 11 is 0. The van der Waals surface area contributed by atoms with Gasteiger partial charge in [0.1, 0.15) is 12.4 Å². The van der Waals surface area contributed by atoms with Gasteiger partial charge in [-0.1, -0.05) is 54.6 Å². The van der Waals surface area contributed by atoms with E-state index in [1.165, 1.54) is 44.1 Å². The predicted octanol–water partition coefficient (Wildman–Crippen LogP) is 8.25. The van der Waals surface area contributed by atoms with Crippen molar-refractivity contribution in [1.29, 1.82) is 0 Å². The minimum Gasteiger partial charge on any atom is -0.489 e. The Kier molecular flexibility index (Phi) is 5.35. The molecule has 186 valence electrons. The summed E-state index contributed by atoms with van der Waals surface area (Å²) in [4.78, 5) is 11.2. The Balaban J connectivity index is 1.05. The summed E-state index contributed by atoms with van der Waals surface area (Å²) in [5.74, 6) is 2.83. The molecule has 4 aliphatic rings. The fourth-order valence-corrected chi connectivity index (χ4v) is 7.92. The number of carboxylic acid groups (broad SMARTS) is 1. The molecule has 4 bridgehead atoms. The van der Waals surface area contributed by atoms with Gasteiger partial charge in [-0.15, -0.1) is 0 Å². The summed E-state index contributed by atoms with van der Waals surface area (Å²) in [5.41, 5.74) is 5.75. The number of benzene rings is 4. The van der Waals surface area contributed by atoms with Crippen LogP contribution in [0.3, 0.4) is 0 Å². The third kappa shape index (κ3) is 4.21. The standard InChI is InChI=1S/C34H32O3/c35-33(36)30-7-6-28-16-27(4-5-29(28)17-30)26-8-10-32(11-9-26)37-21-22-2-1-3-31(15-22)34-18-23-12-24(19-34)14-25(13-23)20-34/h1-11,15-17,23-25H,12-14,18-21H2,(H,35,36). The van der Waals surface area contributed by atoms with Gasteiger partial charge < -0.3 is 9.84 Å². The van der Waals surface area contributed by atoms with Crippen molar-refractivity contribution in [2.45, 2.75) is 50.5 Å². The van der Waals surface area contributed by atoms with Crippen LogP contribution in [0.15, 0.2) is 84.9 Å². The van der Waals surface area contributed by atoms with Crippen LogP contribution in [-0.4, -0.2) is 11.1 Å². The summed E-state index contributed by atoms with van der Waals surface area (Å²) in [6.45, 7) is 0.585. The number of rotatable bonds is 6. The Morgan fingerprint density at radius 3 is 2.11 bits per heavy atom. The van der Waals surface area contributed by atoms with Crippen molar-refractivity contribution in [3.63, 3.8) is 0 Å². The molecule has 0 spiro atoms. The van der Waals surface area contributed by atoms with Gasteiger partial charge in [0.2, 0.25) is 0 Å². The van der Waals surface area contributed by atoms with E-state index in [1.807, 2.05) is 30.3 Å². The van der Waals surface area contributed by atoms with Gasteiger partial charge >= 0.3 is 5.97 Å². The smallest absolute Gasteiger partial charge is 0.335 e. The molecule has 4 aliphatic carbocycles. The molecule has 1 N–H and O–H groups in total. The zero-order valence-electron chi connectivity index (χ0n) is 21.0. The minimum absolute atomic E-state index is 0.310. The Morgan fingerprint density at radius 1 is 0.757 bits per heavy atom. The second-order valence-corrected chi connectivity index (χ2v) is 11.8. The predicted molar refractivity (Wildman–Crippen MR) is 147 cm³/mol. The highest BCUT2D eigenvalue weighted by Gasteiger charge is 2.51. The number of carboxylic acids is 1. The Labute approximate surface area is 218 Å². The van der Waals surface area contributed by atoms with E-state index in [-0.39, 0.29) is 0 Å². The van der Waals surface area contributed by atoms with Crippen LogP contribution in [0.1, 0.15) is 60.0 Å². The molecule has 0 heterocycles. The monoisotopic (exact) mass is 488 g/mol. The van der Waals surface area contributed by atoms with Gasteiger partial charge in [-0.2, -0.15) is 0 Å². The van der Waals surface area contributed by atoms with Gasteiger partial charge in [-0.05, 0) is 125 Å². The minimum atomic E-state index is -0.902. The second-order valence-electron chi connectivity index (χ2n) is 11.8. The van der Waals surface area contributed by atoms with Crippen molar-refractivity contribution in [3.05, 3.63) is 102 Å². The molecule has 0 aromatic heterocycles. The van der Waals surface area contributed by atoms with Crippen LogP contribution in [-0.2, 0) is 12.0 Å². The van der Waals surface area contributed by atoms with Crippen molar-refractivity contribution in [1.82, 2.24) is 0 Å². The van der Waals surface area contributed by atoms with E-state index in [9.17, 15) is 9.90 Å². The van der Waals surface area contributed by atoms with Crippen LogP contribution in [0, 0.1) is 17.8 Å². The molecular weight excluding hydrogens is 456 g/mol. The highest BCUT2D eigenvalue weighted by Crippen LogP contribution is 2.60. The third-order valence-corrected chi connectivity index (χ3v) is 9.26. The van der Waals surface area contributed by atoms with E-state index in [0.29, 0.717) is 17.6 Å². The first kappa shape index (κ1) is 22.6. The second kappa shape index (κ2) is 8.76. The maximum absolute atomic E-state index is 11.2. The SMILES string of the molecule is O=C(O)c1ccc2cc(-c3ccc(OCc4cccc(C56CC7CC(CC(C7)C5)C6)c4)cc3)ccc2c1. The highest BCUT2D eigenvalue weighted by molar-refractivity contribution is 5.95. The lowest BCUT2D eigenvalue weighted by atomic mass is 9.48. The van der Waals surface area contributed by atoms with Gasteiger partial charge in [0, 0.05) is 0 Å². The number of ether oxygens (including phenoxy) is 1. The normalized spacial score (nSPS) is 25.9. The molecule has 4 aromatic carbocycles. The molecule has 0 unspecified atom stereocenters. The molecule has 3 nitrogen and oxygen atoms in total. The summed E-state index contributed by atoms with van der Waals surface area (Å²) in [5, 5.41) is 11.2. The van der Waals surface area contributed by atoms with Gasteiger partial charge in [0.15, 0.2) is 0 Å². The average Bonchev–Trinajstić information content (AvgIpc) is 2.91. The Morgan fingerprint density at radius 2 is 1.41 bits per heavy atom. The maximum atomic E-state index is 11.2. The van der Waals surface area contributed by atoms with Gasteiger partial charge in [-0.3, -0.25) is 0 Å². The van der Waals surface area contributed by atoms with Crippen LogP contribution in [0.5, 0.6) is 5.75 Å². The summed E-state index contributed by atoms with van der Waals surface area (Å²) < 4.78 is 6.21.